The van der Waals surface area contributed by atoms with Gasteiger partial charge in [-0.2, -0.15) is 0 Å². The lowest BCUT2D eigenvalue weighted by Crippen LogP contribution is -2.26. The minimum atomic E-state index is -0.549. The highest BCUT2D eigenvalue weighted by atomic mass is 35.5. The summed E-state index contributed by atoms with van der Waals surface area (Å²) in [5, 5.41) is 11.0. The van der Waals surface area contributed by atoms with E-state index in [1.165, 1.54) is 23.1 Å². The van der Waals surface area contributed by atoms with Crippen LogP contribution in [-0.4, -0.2) is 22.8 Å². The molecule has 0 N–H and O–H groups in total. The molecule has 0 bridgehead atoms. The van der Waals surface area contributed by atoms with Crippen LogP contribution in [-0.2, 0) is 6.54 Å². The minimum Gasteiger partial charge on any atom is -0.337 e. The largest absolute Gasteiger partial charge is 0.337 e. The second kappa shape index (κ2) is 6.58. The van der Waals surface area contributed by atoms with Crippen molar-refractivity contribution in [2.75, 3.05) is 7.05 Å². The first-order valence-electron chi connectivity index (χ1n) is 6.63. The fourth-order valence-electron chi connectivity index (χ4n) is 2.04. The Labute approximate surface area is 133 Å². The molecule has 0 aliphatic carbocycles. The molecule has 6 heteroatoms. The van der Waals surface area contributed by atoms with Gasteiger partial charge in [-0.05, 0) is 18.6 Å². The van der Waals surface area contributed by atoms with E-state index in [0.717, 1.165) is 11.1 Å². The van der Waals surface area contributed by atoms with Gasteiger partial charge in [0.25, 0.3) is 11.6 Å². The first kappa shape index (κ1) is 16.0. The summed E-state index contributed by atoms with van der Waals surface area (Å²) in [4.78, 5) is 24.2. The molecule has 0 unspecified atom stereocenters. The van der Waals surface area contributed by atoms with E-state index in [1.54, 1.807) is 7.05 Å². The SMILES string of the molecule is Cc1ccc(CN(C)C(=O)c2cc([N+](=O)[O-])ccc2Cl)cc1. The fourth-order valence-corrected chi connectivity index (χ4v) is 2.23. The third kappa shape index (κ3) is 3.62. The normalized spacial score (nSPS) is 10.3. The summed E-state index contributed by atoms with van der Waals surface area (Å²) in [5.41, 5.74) is 2.09. The van der Waals surface area contributed by atoms with Crippen LogP contribution in [0.15, 0.2) is 42.5 Å². The molecule has 0 aromatic heterocycles. The molecular weight excluding hydrogens is 304 g/mol. The summed E-state index contributed by atoms with van der Waals surface area (Å²) in [5.74, 6) is -0.353. The van der Waals surface area contributed by atoms with Crippen molar-refractivity contribution in [1.29, 1.82) is 0 Å². The van der Waals surface area contributed by atoms with Crippen molar-refractivity contribution < 1.29 is 9.72 Å². The number of rotatable bonds is 4. The van der Waals surface area contributed by atoms with Crippen molar-refractivity contribution in [1.82, 2.24) is 4.90 Å². The molecule has 0 heterocycles. The molecule has 0 aliphatic heterocycles. The van der Waals surface area contributed by atoms with Crippen molar-refractivity contribution >= 4 is 23.2 Å². The van der Waals surface area contributed by atoms with E-state index in [2.05, 4.69) is 0 Å². The summed E-state index contributed by atoms with van der Waals surface area (Å²) in [6.45, 7) is 2.39. The molecule has 5 nitrogen and oxygen atoms in total. The minimum absolute atomic E-state index is 0.130. The molecule has 1 amide bonds. The van der Waals surface area contributed by atoms with Crippen molar-refractivity contribution in [3.05, 3.63) is 74.3 Å². The zero-order valence-corrected chi connectivity index (χ0v) is 13.0. The number of nitro benzene ring substituents is 1. The van der Waals surface area contributed by atoms with Crippen molar-refractivity contribution in [2.45, 2.75) is 13.5 Å². The van der Waals surface area contributed by atoms with E-state index in [4.69, 9.17) is 11.6 Å². The van der Waals surface area contributed by atoms with E-state index >= 15 is 0 Å². The van der Waals surface area contributed by atoms with Gasteiger partial charge < -0.3 is 4.90 Å². The van der Waals surface area contributed by atoms with Gasteiger partial charge in [-0.25, -0.2) is 0 Å². The average Bonchev–Trinajstić information content (AvgIpc) is 2.49. The number of carbonyl (C=O) groups is 1. The van der Waals surface area contributed by atoms with Gasteiger partial charge in [-0.3, -0.25) is 14.9 Å². The van der Waals surface area contributed by atoms with E-state index in [-0.39, 0.29) is 22.2 Å². The number of carbonyl (C=O) groups excluding carboxylic acids is 1. The van der Waals surface area contributed by atoms with Crippen LogP contribution in [0.2, 0.25) is 5.02 Å². The Morgan fingerprint density at radius 3 is 2.45 bits per heavy atom. The topological polar surface area (TPSA) is 63.5 Å². The molecule has 0 aliphatic rings. The lowest BCUT2D eigenvalue weighted by atomic mass is 10.1. The highest BCUT2D eigenvalue weighted by Crippen LogP contribution is 2.23. The summed E-state index contributed by atoms with van der Waals surface area (Å²) in [6.07, 6.45) is 0. The Morgan fingerprint density at radius 2 is 1.86 bits per heavy atom. The van der Waals surface area contributed by atoms with Crippen LogP contribution in [0, 0.1) is 17.0 Å². The average molecular weight is 319 g/mol. The van der Waals surface area contributed by atoms with Crippen LogP contribution >= 0.6 is 11.6 Å². The highest BCUT2D eigenvalue weighted by molar-refractivity contribution is 6.33. The molecule has 0 saturated heterocycles. The summed E-state index contributed by atoms with van der Waals surface area (Å²) in [7, 11) is 1.64. The quantitative estimate of drug-likeness (QED) is 0.635. The van der Waals surface area contributed by atoms with Gasteiger partial charge in [0, 0.05) is 25.7 Å². The number of halogens is 1. The maximum Gasteiger partial charge on any atom is 0.270 e. The van der Waals surface area contributed by atoms with Gasteiger partial charge in [-0.1, -0.05) is 41.4 Å². The molecule has 0 radical (unpaired) electrons. The predicted molar refractivity (Wildman–Crippen MR) is 85.1 cm³/mol. The van der Waals surface area contributed by atoms with Crippen LogP contribution in [0.1, 0.15) is 21.5 Å². The Hall–Kier alpha value is -2.40. The van der Waals surface area contributed by atoms with Gasteiger partial charge in [0.1, 0.15) is 0 Å². The number of nitrogens with zero attached hydrogens (tertiary/aromatic N) is 2. The zero-order valence-electron chi connectivity index (χ0n) is 12.2. The number of amides is 1. The number of benzene rings is 2. The first-order valence-corrected chi connectivity index (χ1v) is 7.01. The van der Waals surface area contributed by atoms with Crippen LogP contribution in [0.25, 0.3) is 0 Å². The van der Waals surface area contributed by atoms with Gasteiger partial charge in [-0.15, -0.1) is 0 Å². The monoisotopic (exact) mass is 318 g/mol. The van der Waals surface area contributed by atoms with Crippen LogP contribution in [0.4, 0.5) is 5.69 Å². The smallest absolute Gasteiger partial charge is 0.270 e. The summed E-state index contributed by atoms with van der Waals surface area (Å²) >= 11 is 5.99. The van der Waals surface area contributed by atoms with E-state index in [1.807, 2.05) is 31.2 Å². The predicted octanol–water partition coefficient (Wildman–Crippen LogP) is 3.83. The Balaban J connectivity index is 2.21. The molecule has 22 heavy (non-hydrogen) atoms. The number of aryl methyl sites for hydroxylation is 1. The molecule has 2 rings (SSSR count). The molecule has 2 aromatic carbocycles. The lowest BCUT2D eigenvalue weighted by molar-refractivity contribution is -0.384. The molecule has 114 valence electrons. The molecule has 0 saturated carbocycles. The number of non-ortho nitro benzene ring substituents is 1. The summed E-state index contributed by atoms with van der Waals surface area (Å²) in [6, 6.07) is 11.7. The second-order valence-electron chi connectivity index (χ2n) is 5.07. The molecular formula is C16H15ClN2O3. The van der Waals surface area contributed by atoms with E-state index in [0.29, 0.717) is 6.54 Å². The third-order valence-corrected chi connectivity index (χ3v) is 3.61. The Kier molecular flexibility index (Phi) is 4.78. The standard InChI is InChI=1S/C16H15ClN2O3/c1-11-3-5-12(6-4-11)10-18(2)16(20)14-9-13(19(21)22)7-8-15(14)17/h3-9H,10H2,1-2H3. The Bertz CT molecular complexity index is 714. The second-order valence-corrected chi connectivity index (χ2v) is 5.48. The fraction of sp³-hybridized carbons (Fsp3) is 0.188. The van der Waals surface area contributed by atoms with Gasteiger partial charge in [0.2, 0.25) is 0 Å². The first-order chi connectivity index (χ1) is 10.4. The van der Waals surface area contributed by atoms with Crippen LogP contribution < -0.4 is 0 Å². The van der Waals surface area contributed by atoms with Gasteiger partial charge in [0.05, 0.1) is 15.5 Å². The number of nitro groups is 1. The molecule has 0 spiro atoms. The lowest BCUT2D eigenvalue weighted by Gasteiger charge is -2.18. The van der Waals surface area contributed by atoms with Crippen LogP contribution in [0.3, 0.4) is 0 Å². The van der Waals surface area contributed by atoms with Gasteiger partial charge >= 0.3 is 0 Å². The number of hydrogen-bond acceptors (Lipinski definition) is 3. The maximum atomic E-state index is 12.4. The molecule has 2 aromatic rings. The van der Waals surface area contributed by atoms with Crippen molar-refractivity contribution in [2.24, 2.45) is 0 Å². The van der Waals surface area contributed by atoms with Crippen molar-refractivity contribution in [3.63, 3.8) is 0 Å². The highest BCUT2D eigenvalue weighted by Gasteiger charge is 2.19. The number of hydrogen-bond donors (Lipinski definition) is 0. The Morgan fingerprint density at radius 1 is 1.23 bits per heavy atom. The zero-order chi connectivity index (χ0) is 16.3. The van der Waals surface area contributed by atoms with Crippen molar-refractivity contribution in [3.8, 4) is 0 Å². The van der Waals surface area contributed by atoms with Crippen LogP contribution in [0.5, 0.6) is 0 Å². The van der Waals surface area contributed by atoms with E-state index < -0.39 is 4.92 Å². The summed E-state index contributed by atoms with van der Waals surface area (Å²) < 4.78 is 0. The molecule has 0 fully saturated rings. The van der Waals surface area contributed by atoms with E-state index in [9.17, 15) is 14.9 Å². The third-order valence-electron chi connectivity index (χ3n) is 3.28. The maximum absolute atomic E-state index is 12.4. The van der Waals surface area contributed by atoms with Gasteiger partial charge in [0.15, 0.2) is 0 Å². The molecule has 0 atom stereocenters.